The van der Waals surface area contributed by atoms with Crippen molar-refractivity contribution in [2.75, 3.05) is 18.0 Å². The number of carbonyl (C=O) groups is 1. The van der Waals surface area contributed by atoms with Gasteiger partial charge in [-0.3, -0.25) is 9.59 Å². The Bertz CT molecular complexity index is 1030. The van der Waals surface area contributed by atoms with Crippen LogP contribution in [-0.2, 0) is 6.54 Å². The first kappa shape index (κ1) is 19.0. The van der Waals surface area contributed by atoms with Gasteiger partial charge in [0.05, 0.1) is 18.4 Å². The normalized spacial score (nSPS) is 11.0. The van der Waals surface area contributed by atoms with Crippen molar-refractivity contribution in [1.29, 1.82) is 0 Å². The minimum atomic E-state index is -0.403. The number of anilines is 1. The van der Waals surface area contributed by atoms with Crippen molar-refractivity contribution < 1.29 is 9.18 Å². The smallest absolute Gasteiger partial charge is 0.269 e. The summed E-state index contributed by atoms with van der Waals surface area (Å²) in [5, 5.41) is 2.72. The monoisotopic (exact) mass is 389 g/mol. The number of fused-ring (bicyclic) bond motifs is 1. The minimum absolute atomic E-state index is 0.288. The molecule has 142 valence electrons. The van der Waals surface area contributed by atoms with E-state index in [-0.39, 0.29) is 11.5 Å². The van der Waals surface area contributed by atoms with Gasteiger partial charge < -0.3 is 10.2 Å². The quantitative estimate of drug-likeness (QED) is 0.700. The highest BCUT2D eigenvalue weighted by atomic mass is 32.1. The van der Waals surface area contributed by atoms with Gasteiger partial charge in [0.15, 0.2) is 4.96 Å². The number of nitrogens with zero attached hydrogens (tertiary/aromatic N) is 4. The average Bonchev–Trinajstić information content (AvgIpc) is 2.97. The lowest BCUT2D eigenvalue weighted by Crippen LogP contribution is -2.29. The van der Waals surface area contributed by atoms with Gasteiger partial charge in [-0.15, -0.1) is 11.3 Å². The molecular formula is C18H20FN5O2S. The van der Waals surface area contributed by atoms with Crippen LogP contribution in [0.1, 0.15) is 34.9 Å². The van der Waals surface area contributed by atoms with Crippen LogP contribution < -0.4 is 15.8 Å². The fourth-order valence-corrected chi connectivity index (χ4v) is 3.81. The molecule has 0 aliphatic rings. The molecule has 3 rings (SSSR count). The number of aryl methyl sites for hydroxylation is 1. The molecule has 0 bridgehead atoms. The molecule has 0 aliphatic carbocycles. The zero-order valence-corrected chi connectivity index (χ0v) is 16.1. The summed E-state index contributed by atoms with van der Waals surface area (Å²) in [5.41, 5.74) is 0.592. The summed E-state index contributed by atoms with van der Waals surface area (Å²) in [5.74, 6) is -0.0885. The van der Waals surface area contributed by atoms with Gasteiger partial charge in [-0.1, -0.05) is 0 Å². The third-order valence-electron chi connectivity index (χ3n) is 4.07. The van der Waals surface area contributed by atoms with E-state index in [4.69, 9.17) is 0 Å². The van der Waals surface area contributed by atoms with Crippen LogP contribution >= 0.6 is 11.3 Å². The first-order valence-electron chi connectivity index (χ1n) is 8.61. The summed E-state index contributed by atoms with van der Waals surface area (Å²) in [6.07, 6.45) is 1.16. The molecule has 9 heteroatoms. The van der Waals surface area contributed by atoms with E-state index in [9.17, 15) is 14.0 Å². The Morgan fingerprint density at radius 2 is 2.15 bits per heavy atom. The molecule has 0 fully saturated rings. The largest absolute Gasteiger partial charge is 0.351 e. The van der Waals surface area contributed by atoms with Gasteiger partial charge in [0.25, 0.3) is 11.5 Å². The molecule has 1 N–H and O–H groups in total. The number of pyridine rings is 1. The molecule has 0 spiro atoms. The number of amides is 1. The molecule has 0 aromatic carbocycles. The first-order valence-corrected chi connectivity index (χ1v) is 9.43. The van der Waals surface area contributed by atoms with E-state index in [0.29, 0.717) is 41.8 Å². The Kier molecular flexibility index (Phi) is 5.50. The third kappa shape index (κ3) is 3.82. The number of hydrogen-bond donors (Lipinski definition) is 1. The Labute approximate surface area is 159 Å². The maximum Gasteiger partial charge on any atom is 0.269 e. The van der Waals surface area contributed by atoms with Crippen LogP contribution in [0.15, 0.2) is 29.2 Å². The topological polar surface area (TPSA) is 79.6 Å². The van der Waals surface area contributed by atoms with E-state index in [2.05, 4.69) is 15.3 Å². The highest BCUT2D eigenvalue weighted by Crippen LogP contribution is 2.21. The molecule has 7 nitrogen and oxygen atoms in total. The van der Waals surface area contributed by atoms with Gasteiger partial charge >= 0.3 is 0 Å². The molecule has 3 heterocycles. The first-order chi connectivity index (χ1) is 12.9. The lowest BCUT2D eigenvalue weighted by molar-refractivity contribution is 0.0949. The second-order valence-electron chi connectivity index (χ2n) is 5.92. The van der Waals surface area contributed by atoms with Crippen molar-refractivity contribution in [3.63, 3.8) is 0 Å². The van der Waals surface area contributed by atoms with E-state index >= 15 is 0 Å². The molecular weight excluding hydrogens is 369 g/mol. The van der Waals surface area contributed by atoms with Crippen LogP contribution in [0.3, 0.4) is 0 Å². The average molecular weight is 389 g/mol. The van der Waals surface area contributed by atoms with Crippen molar-refractivity contribution in [2.45, 2.75) is 27.3 Å². The van der Waals surface area contributed by atoms with Crippen LogP contribution in [-0.4, -0.2) is 33.4 Å². The van der Waals surface area contributed by atoms with Crippen LogP contribution in [0.4, 0.5) is 10.2 Å². The summed E-state index contributed by atoms with van der Waals surface area (Å²) in [6, 6.07) is 4.36. The van der Waals surface area contributed by atoms with Crippen molar-refractivity contribution in [3.8, 4) is 0 Å². The SMILES string of the molecule is CCNC(=O)c1c(C)sc2nc(CN(CC)c3ccc(F)cn3)cc(=O)n12. The van der Waals surface area contributed by atoms with Crippen molar-refractivity contribution >= 4 is 28.0 Å². The van der Waals surface area contributed by atoms with Gasteiger partial charge in [-0.2, -0.15) is 0 Å². The van der Waals surface area contributed by atoms with Gasteiger partial charge in [-0.25, -0.2) is 18.8 Å². The molecule has 1 amide bonds. The number of thiazole rings is 1. The summed E-state index contributed by atoms with van der Waals surface area (Å²) >= 11 is 1.30. The van der Waals surface area contributed by atoms with E-state index in [1.807, 2.05) is 18.7 Å². The molecule has 0 saturated carbocycles. The Morgan fingerprint density at radius 3 is 2.78 bits per heavy atom. The number of halogens is 1. The fourth-order valence-electron chi connectivity index (χ4n) is 2.82. The summed E-state index contributed by atoms with van der Waals surface area (Å²) < 4.78 is 14.4. The number of carbonyl (C=O) groups excluding carboxylic acids is 1. The van der Waals surface area contributed by atoms with Crippen LogP contribution in [0.25, 0.3) is 4.96 Å². The van der Waals surface area contributed by atoms with Crippen LogP contribution in [0.5, 0.6) is 0 Å². The van der Waals surface area contributed by atoms with Gasteiger partial charge in [-0.05, 0) is 32.9 Å². The number of aromatic nitrogens is 3. The Balaban J connectivity index is 1.98. The third-order valence-corrected chi connectivity index (χ3v) is 5.02. The lowest BCUT2D eigenvalue weighted by atomic mass is 10.3. The standard InChI is InChI=1S/C18H20FN5O2S/c1-4-20-17(26)16-11(3)27-18-22-13(8-15(25)24(16)18)10-23(5-2)14-7-6-12(19)9-21-14/h6-9H,4-5,10H2,1-3H3,(H,20,26). The van der Waals surface area contributed by atoms with Crippen molar-refractivity contribution in [3.05, 3.63) is 56.8 Å². The zero-order valence-electron chi connectivity index (χ0n) is 15.3. The number of rotatable bonds is 6. The van der Waals surface area contributed by atoms with E-state index in [1.54, 1.807) is 13.0 Å². The van der Waals surface area contributed by atoms with Crippen LogP contribution in [0.2, 0.25) is 0 Å². The zero-order chi connectivity index (χ0) is 19.6. The summed E-state index contributed by atoms with van der Waals surface area (Å²) in [7, 11) is 0. The maximum absolute atomic E-state index is 13.1. The molecule has 3 aromatic heterocycles. The number of nitrogens with one attached hydrogen (secondary N) is 1. The van der Waals surface area contributed by atoms with Gasteiger partial charge in [0, 0.05) is 24.0 Å². The van der Waals surface area contributed by atoms with Crippen molar-refractivity contribution in [2.24, 2.45) is 0 Å². The molecule has 27 heavy (non-hydrogen) atoms. The molecule has 0 saturated heterocycles. The lowest BCUT2D eigenvalue weighted by Gasteiger charge is -2.21. The molecule has 0 radical (unpaired) electrons. The predicted octanol–water partition coefficient (Wildman–Crippen LogP) is 2.37. The molecule has 0 atom stereocenters. The Morgan fingerprint density at radius 1 is 1.37 bits per heavy atom. The summed E-state index contributed by atoms with van der Waals surface area (Å²) in [4.78, 5) is 36.7. The maximum atomic E-state index is 13.1. The summed E-state index contributed by atoms with van der Waals surface area (Å²) in [6.45, 7) is 7.01. The van der Waals surface area contributed by atoms with Crippen LogP contribution in [0, 0.1) is 12.7 Å². The van der Waals surface area contributed by atoms with Crippen molar-refractivity contribution in [1.82, 2.24) is 19.7 Å². The Hall–Kier alpha value is -2.81. The highest BCUT2D eigenvalue weighted by Gasteiger charge is 2.19. The fraction of sp³-hybridized carbons (Fsp3) is 0.333. The second-order valence-corrected chi connectivity index (χ2v) is 7.10. The van der Waals surface area contributed by atoms with Gasteiger partial charge in [0.1, 0.15) is 17.3 Å². The minimum Gasteiger partial charge on any atom is -0.351 e. The highest BCUT2D eigenvalue weighted by molar-refractivity contribution is 7.17. The van der Waals surface area contributed by atoms with E-state index in [1.165, 1.54) is 27.9 Å². The van der Waals surface area contributed by atoms with E-state index < -0.39 is 5.82 Å². The molecule has 0 unspecified atom stereocenters. The van der Waals surface area contributed by atoms with E-state index in [0.717, 1.165) is 11.1 Å². The molecule has 0 aliphatic heterocycles. The number of hydrogen-bond acceptors (Lipinski definition) is 6. The second kappa shape index (κ2) is 7.83. The van der Waals surface area contributed by atoms with Gasteiger partial charge in [0.2, 0.25) is 0 Å². The molecule has 3 aromatic rings. The predicted molar refractivity (Wildman–Crippen MR) is 103 cm³/mol.